The number of halogens is 1. The molecule has 0 radical (unpaired) electrons. The van der Waals surface area contributed by atoms with Crippen molar-refractivity contribution in [2.24, 2.45) is 5.73 Å². The molecule has 0 bridgehead atoms. The van der Waals surface area contributed by atoms with Gasteiger partial charge in [0.1, 0.15) is 12.4 Å². The fourth-order valence-electron chi connectivity index (χ4n) is 1.02. The maximum absolute atomic E-state index is 9.02. The molecule has 0 heterocycles. The van der Waals surface area contributed by atoms with Gasteiger partial charge in [0.05, 0.1) is 6.10 Å². The van der Waals surface area contributed by atoms with Crippen LogP contribution in [0.4, 0.5) is 0 Å². The first-order valence-corrected chi connectivity index (χ1v) is 4.33. The highest BCUT2D eigenvalue weighted by Crippen LogP contribution is 2.16. The standard InChI is InChI=1S/C10H15NO2.ClH/c1-8(12)7-13-10-5-3-2-4-9(10)6-11;/h2-5,8,12H,6-7,11H2,1H3;1H. The summed E-state index contributed by atoms with van der Waals surface area (Å²) in [7, 11) is 0. The molecule has 3 nitrogen and oxygen atoms in total. The molecule has 0 aliphatic carbocycles. The smallest absolute Gasteiger partial charge is 0.123 e. The molecular weight excluding hydrogens is 202 g/mol. The number of nitrogens with two attached hydrogens (primary N) is 1. The summed E-state index contributed by atoms with van der Waals surface area (Å²) >= 11 is 0. The highest BCUT2D eigenvalue weighted by Gasteiger charge is 2.02. The molecule has 0 saturated carbocycles. The van der Waals surface area contributed by atoms with Crippen LogP contribution in [0.3, 0.4) is 0 Å². The first-order valence-electron chi connectivity index (χ1n) is 4.33. The number of aliphatic hydroxyl groups excluding tert-OH is 1. The van der Waals surface area contributed by atoms with Crippen molar-refractivity contribution in [1.82, 2.24) is 0 Å². The van der Waals surface area contributed by atoms with E-state index in [0.717, 1.165) is 11.3 Å². The molecule has 1 unspecified atom stereocenters. The van der Waals surface area contributed by atoms with E-state index < -0.39 is 6.10 Å². The van der Waals surface area contributed by atoms with Crippen molar-refractivity contribution < 1.29 is 9.84 Å². The Hall–Kier alpha value is -0.770. The summed E-state index contributed by atoms with van der Waals surface area (Å²) < 4.78 is 5.36. The van der Waals surface area contributed by atoms with Crippen LogP contribution >= 0.6 is 12.4 Å². The molecule has 4 heteroatoms. The quantitative estimate of drug-likeness (QED) is 0.800. The van der Waals surface area contributed by atoms with E-state index in [9.17, 15) is 0 Å². The first kappa shape index (κ1) is 13.2. The van der Waals surface area contributed by atoms with Gasteiger partial charge in [-0.2, -0.15) is 0 Å². The summed E-state index contributed by atoms with van der Waals surface area (Å²) in [6.07, 6.45) is -0.453. The third kappa shape index (κ3) is 3.96. The van der Waals surface area contributed by atoms with Gasteiger partial charge in [0.2, 0.25) is 0 Å². The molecule has 14 heavy (non-hydrogen) atoms. The fraction of sp³-hybridized carbons (Fsp3) is 0.400. The number of hydrogen-bond acceptors (Lipinski definition) is 3. The third-order valence-corrected chi connectivity index (χ3v) is 1.67. The molecule has 0 aromatic heterocycles. The monoisotopic (exact) mass is 217 g/mol. The summed E-state index contributed by atoms with van der Waals surface area (Å²) in [6.45, 7) is 2.44. The van der Waals surface area contributed by atoms with Crippen molar-refractivity contribution in [2.75, 3.05) is 6.61 Å². The molecule has 0 saturated heterocycles. The molecule has 1 aromatic rings. The number of aliphatic hydroxyl groups is 1. The second-order valence-corrected chi connectivity index (χ2v) is 2.97. The van der Waals surface area contributed by atoms with Gasteiger partial charge < -0.3 is 15.6 Å². The van der Waals surface area contributed by atoms with E-state index in [0.29, 0.717) is 13.2 Å². The highest BCUT2D eigenvalue weighted by molar-refractivity contribution is 5.85. The van der Waals surface area contributed by atoms with Crippen molar-refractivity contribution in [3.8, 4) is 5.75 Å². The van der Waals surface area contributed by atoms with Gasteiger partial charge in [-0.3, -0.25) is 0 Å². The second kappa shape index (κ2) is 6.65. The minimum absolute atomic E-state index is 0. The van der Waals surface area contributed by atoms with E-state index in [1.807, 2.05) is 24.3 Å². The zero-order chi connectivity index (χ0) is 9.68. The Morgan fingerprint density at radius 3 is 2.64 bits per heavy atom. The topological polar surface area (TPSA) is 55.5 Å². The Bertz CT molecular complexity index is 266. The number of para-hydroxylation sites is 1. The Kier molecular flexibility index (Phi) is 6.28. The van der Waals surface area contributed by atoms with E-state index >= 15 is 0 Å². The molecular formula is C10H16ClNO2. The number of hydrogen-bond donors (Lipinski definition) is 2. The summed E-state index contributed by atoms with van der Waals surface area (Å²) in [5.74, 6) is 0.755. The molecule has 0 fully saturated rings. The summed E-state index contributed by atoms with van der Waals surface area (Å²) in [6, 6.07) is 7.57. The summed E-state index contributed by atoms with van der Waals surface area (Å²) in [5.41, 5.74) is 6.48. The largest absolute Gasteiger partial charge is 0.491 e. The number of ether oxygens (including phenoxy) is 1. The minimum Gasteiger partial charge on any atom is -0.491 e. The van der Waals surface area contributed by atoms with Crippen LogP contribution in [-0.2, 0) is 6.54 Å². The summed E-state index contributed by atoms with van der Waals surface area (Å²) in [5, 5.41) is 9.02. The van der Waals surface area contributed by atoms with E-state index in [1.54, 1.807) is 6.92 Å². The van der Waals surface area contributed by atoms with Crippen molar-refractivity contribution in [1.29, 1.82) is 0 Å². The zero-order valence-electron chi connectivity index (χ0n) is 8.14. The van der Waals surface area contributed by atoms with Crippen LogP contribution < -0.4 is 10.5 Å². The van der Waals surface area contributed by atoms with E-state index in [4.69, 9.17) is 15.6 Å². The Labute approximate surface area is 90.3 Å². The highest BCUT2D eigenvalue weighted by atomic mass is 35.5. The molecule has 0 spiro atoms. The van der Waals surface area contributed by atoms with Crippen molar-refractivity contribution in [3.05, 3.63) is 29.8 Å². The van der Waals surface area contributed by atoms with Crippen LogP contribution in [0.5, 0.6) is 5.75 Å². The van der Waals surface area contributed by atoms with Gasteiger partial charge >= 0.3 is 0 Å². The van der Waals surface area contributed by atoms with Gasteiger partial charge in [-0.05, 0) is 13.0 Å². The Balaban J connectivity index is 0.00000169. The van der Waals surface area contributed by atoms with Crippen LogP contribution in [-0.4, -0.2) is 17.8 Å². The molecule has 0 aliphatic heterocycles. The zero-order valence-corrected chi connectivity index (χ0v) is 8.96. The molecule has 3 N–H and O–H groups in total. The van der Waals surface area contributed by atoms with Crippen molar-refractivity contribution in [3.63, 3.8) is 0 Å². The van der Waals surface area contributed by atoms with Crippen LogP contribution in [0.2, 0.25) is 0 Å². The Morgan fingerprint density at radius 1 is 1.43 bits per heavy atom. The first-order chi connectivity index (χ1) is 6.24. The fourth-order valence-corrected chi connectivity index (χ4v) is 1.02. The third-order valence-electron chi connectivity index (χ3n) is 1.67. The van der Waals surface area contributed by atoms with Crippen LogP contribution in [0.25, 0.3) is 0 Å². The second-order valence-electron chi connectivity index (χ2n) is 2.97. The molecule has 80 valence electrons. The van der Waals surface area contributed by atoms with Gasteiger partial charge in [-0.1, -0.05) is 18.2 Å². The maximum Gasteiger partial charge on any atom is 0.123 e. The van der Waals surface area contributed by atoms with Crippen LogP contribution in [0.1, 0.15) is 12.5 Å². The lowest BCUT2D eigenvalue weighted by Crippen LogP contribution is -2.14. The molecule has 0 aliphatic rings. The number of rotatable bonds is 4. The van der Waals surface area contributed by atoms with E-state index in [1.165, 1.54) is 0 Å². The minimum atomic E-state index is -0.453. The van der Waals surface area contributed by atoms with Crippen molar-refractivity contribution >= 4 is 12.4 Å². The molecule has 1 rings (SSSR count). The van der Waals surface area contributed by atoms with Gasteiger partial charge in [0.15, 0.2) is 0 Å². The lowest BCUT2D eigenvalue weighted by atomic mass is 10.2. The lowest BCUT2D eigenvalue weighted by molar-refractivity contribution is 0.122. The molecule has 0 amide bonds. The molecule has 1 aromatic carbocycles. The predicted octanol–water partition coefficient (Wildman–Crippen LogP) is 1.33. The van der Waals surface area contributed by atoms with Crippen molar-refractivity contribution in [2.45, 2.75) is 19.6 Å². The normalized spacial score (nSPS) is 11.6. The summed E-state index contributed by atoms with van der Waals surface area (Å²) in [4.78, 5) is 0. The average molecular weight is 218 g/mol. The maximum atomic E-state index is 9.02. The van der Waals surface area contributed by atoms with Gasteiger partial charge in [0, 0.05) is 12.1 Å². The van der Waals surface area contributed by atoms with Crippen LogP contribution in [0.15, 0.2) is 24.3 Å². The number of benzene rings is 1. The SMILES string of the molecule is CC(O)COc1ccccc1CN.Cl. The van der Waals surface area contributed by atoms with Gasteiger partial charge in [0.25, 0.3) is 0 Å². The predicted molar refractivity (Wildman–Crippen MR) is 58.8 cm³/mol. The van der Waals surface area contributed by atoms with E-state index in [2.05, 4.69) is 0 Å². The molecule has 1 atom stereocenters. The average Bonchev–Trinajstić information content (AvgIpc) is 2.15. The van der Waals surface area contributed by atoms with Gasteiger partial charge in [-0.25, -0.2) is 0 Å². The lowest BCUT2D eigenvalue weighted by Gasteiger charge is -2.11. The van der Waals surface area contributed by atoms with Crippen LogP contribution in [0, 0.1) is 0 Å². The van der Waals surface area contributed by atoms with Gasteiger partial charge in [-0.15, -0.1) is 12.4 Å². The Morgan fingerprint density at radius 2 is 2.07 bits per heavy atom. The van der Waals surface area contributed by atoms with E-state index in [-0.39, 0.29) is 12.4 Å².